The number of para-hydroxylation sites is 1. The molecule has 1 N–H and O–H groups in total. The normalized spacial score (nSPS) is 15.9. The van der Waals surface area contributed by atoms with Gasteiger partial charge in [0.25, 0.3) is 5.91 Å². The first-order chi connectivity index (χ1) is 13.0. The third-order valence-electron chi connectivity index (χ3n) is 5.37. The van der Waals surface area contributed by atoms with Crippen molar-refractivity contribution < 1.29 is 9.59 Å². The molecule has 2 amide bonds. The van der Waals surface area contributed by atoms with E-state index in [2.05, 4.69) is 19.2 Å². The van der Waals surface area contributed by atoms with E-state index in [4.69, 9.17) is 0 Å². The number of likely N-dealkylation sites (N-methyl/N-ethyl adjacent to an activating group) is 1. The number of hydrogen-bond donors (Lipinski definition) is 1. The average molecular weight is 385 g/mol. The summed E-state index contributed by atoms with van der Waals surface area (Å²) in [5.74, 6) is 0.498. The molecule has 3 rings (SSSR count). The lowest BCUT2D eigenvalue weighted by Crippen LogP contribution is -2.34. The zero-order chi connectivity index (χ0) is 19.4. The zero-order valence-electron chi connectivity index (χ0n) is 16.4. The van der Waals surface area contributed by atoms with Gasteiger partial charge < -0.3 is 10.2 Å². The van der Waals surface area contributed by atoms with Crippen molar-refractivity contribution in [2.24, 2.45) is 5.92 Å². The topological polar surface area (TPSA) is 49.4 Å². The molecule has 27 heavy (non-hydrogen) atoms. The van der Waals surface area contributed by atoms with Crippen LogP contribution in [0.25, 0.3) is 0 Å². The number of aryl methyl sites for hydroxylation is 2. The van der Waals surface area contributed by atoms with Gasteiger partial charge in [-0.2, -0.15) is 0 Å². The van der Waals surface area contributed by atoms with Gasteiger partial charge >= 0.3 is 0 Å². The van der Waals surface area contributed by atoms with Crippen molar-refractivity contribution in [1.82, 2.24) is 4.90 Å². The van der Waals surface area contributed by atoms with Crippen LogP contribution in [0, 0.1) is 5.92 Å². The first kappa shape index (κ1) is 19.6. The third kappa shape index (κ3) is 4.59. The second-order valence-corrected chi connectivity index (χ2v) is 8.43. The van der Waals surface area contributed by atoms with E-state index >= 15 is 0 Å². The minimum Gasteiger partial charge on any atom is -0.332 e. The van der Waals surface area contributed by atoms with Gasteiger partial charge in [0.15, 0.2) is 0 Å². The van der Waals surface area contributed by atoms with Crippen LogP contribution in [0.3, 0.4) is 0 Å². The Morgan fingerprint density at radius 3 is 2.78 bits per heavy atom. The van der Waals surface area contributed by atoms with Crippen molar-refractivity contribution in [2.45, 2.75) is 46.0 Å². The molecular formula is C22H28N2O2S. The Balaban J connectivity index is 1.62. The highest BCUT2D eigenvalue weighted by atomic mass is 32.1. The van der Waals surface area contributed by atoms with E-state index in [0.717, 1.165) is 41.3 Å². The molecule has 1 heterocycles. The number of nitrogens with zero attached hydrogens (tertiary/aromatic N) is 1. The van der Waals surface area contributed by atoms with Crippen molar-refractivity contribution in [3.05, 3.63) is 51.2 Å². The molecule has 1 aromatic heterocycles. The predicted molar refractivity (Wildman–Crippen MR) is 112 cm³/mol. The number of rotatable bonds is 6. The molecule has 0 saturated heterocycles. The van der Waals surface area contributed by atoms with Crippen molar-refractivity contribution in [2.75, 3.05) is 18.9 Å². The number of fused-ring (bicyclic) bond motifs is 1. The maximum atomic E-state index is 12.8. The predicted octanol–water partition coefficient (Wildman–Crippen LogP) is 4.54. The Hall–Kier alpha value is -2.14. The molecule has 1 aliphatic rings. The molecule has 0 unspecified atom stereocenters. The Kier molecular flexibility index (Phi) is 6.32. The van der Waals surface area contributed by atoms with Crippen LogP contribution in [0.15, 0.2) is 30.3 Å². The molecule has 0 fully saturated rings. The molecule has 0 bridgehead atoms. The van der Waals surface area contributed by atoms with Crippen LogP contribution < -0.4 is 5.32 Å². The Bertz CT molecular complexity index is 827. The molecule has 0 saturated carbocycles. The molecule has 1 aromatic carbocycles. The van der Waals surface area contributed by atoms with Gasteiger partial charge in [-0.3, -0.25) is 9.59 Å². The minimum absolute atomic E-state index is 0.0526. The molecule has 144 valence electrons. The molecule has 4 nitrogen and oxygen atoms in total. The second-order valence-electron chi connectivity index (χ2n) is 7.30. The summed E-state index contributed by atoms with van der Waals surface area (Å²) in [6, 6.07) is 9.82. The summed E-state index contributed by atoms with van der Waals surface area (Å²) in [5.41, 5.74) is 3.25. The number of amides is 2. The van der Waals surface area contributed by atoms with Gasteiger partial charge in [0, 0.05) is 17.6 Å². The van der Waals surface area contributed by atoms with Gasteiger partial charge in [0.1, 0.15) is 0 Å². The number of carbonyl (C=O) groups is 2. The quantitative estimate of drug-likeness (QED) is 0.795. The highest BCUT2D eigenvalue weighted by Crippen LogP contribution is 2.33. The van der Waals surface area contributed by atoms with E-state index in [0.29, 0.717) is 0 Å². The molecule has 0 spiro atoms. The molecule has 0 aliphatic heterocycles. The standard InChI is InChI=1S/C22H28N2O2S/c1-4-15-10-11-19-17(12-15)13-20(27-19)22(26)24(3)14-21(25)23-18-9-7-6-8-16(18)5-2/h6-9,13,15H,4-5,10-12,14H2,1-3H3,(H,23,25)/t15-/m0/s1. The number of hydrogen-bond acceptors (Lipinski definition) is 3. The lowest BCUT2D eigenvalue weighted by molar-refractivity contribution is -0.116. The van der Waals surface area contributed by atoms with Crippen molar-refractivity contribution in [3.63, 3.8) is 0 Å². The zero-order valence-corrected chi connectivity index (χ0v) is 17.2. The van der Waals surface area contributed by atoms with E-state index in [9.17, 15) is 9.59 Å². The van der Waals surface area contributed by atoms with Crippen molar-refractivity contribution in [1.29, 1.82) is 0 Å². The molecule has 2 aromatic rings. The van der Waals surface area contributed by atoms with Gasteiger partial charge in [0.05, 0.1) is 11.4 Å². The van der Waals surface area contributed by atoms with E-state index in [1.807, 2.05) is 30.3 Å². The van der Waals surface area contributed by atoms with Crippen LogP contribution in [0.2, 0.25) is 0 Å². The lowest BCUT2D eigenvalue weighted by atomic mass is 9.87. The number of carbonyl (C=O) groups excluding carboxylic acids is 2. The highest BCUT2D eigenvalue weighted by Gasteiger charge is 2.24. The monoisotopic (exact) mass is 384 g/mol. The van der Waals surface area contributed by atoms with Gasteiger partial charge in [-0.25, -0.2) is 0 Å². The summed E-state index contributed by atoms with van der Waals surface area (Å²) < 4.78 is 0. The minimum atomic E-state index is -0.167. The summed E-state index contributed by atoms with van der Waals surface area (Å²) in [6.45, 7) is 4.34. The largest absolute Gasteiger partial charge is 0.332 e. The summed E-state index contributed by atoms with van der Waals surface area (Å²) >= 11 is 1.60. The summed E-state index contributed by atoms with van der Waals surface area (Å²) in [7, 11) is 1.70. The average Bonchev–Trinajstić information content (AvgIpc) is 3.10. The van der Waals surface area contributed by atoms with E-state index in [1.54, 1.807) is 18.4 Å². The van der Waals surface area contributed by atoms with Crippen molar-refractivity contribution >= 4 is 28.8 Å². The smallest absolute Gasteiger partial charge is 0.264 e. The van der Waals surface area contributed by atoms with Crippen LogP contribution in [0.4, 0.5) is 5.69 Å². The summed E-state index contributed by atoms with van der Waals surface area (Å²) in [5, 5.41) is 2.93. The lowest BCUT2D eigenvalue weighted by Gasteiger charge is -2.19. The fraction of sp³-hybridized carbons (Fsp3) is 0.455. The van der Waals surface area contributed by atoms with Crippen LogP contribution in [0.1, 0.15) is 52.4 Å². The SMILES string of the molecule is CCc1ccccc1NC(=O)CN(C)C(=O)c1cc2c(s1)CC[C@H](CC)C2. The fourth-order valence-electron chi connectivity index (χ4n) is 3.67. The number of benzene rings is 1. The molecule has 1 atom stereocenters. The highest BCUT2D eigenvalue weighted by molar-refractivity contribution is 7.14. The van der Waals surface area contributed by atoms with Gasteiger partial charge in [-0.05, 0) is 54.9 Å². The van der Waals surface area contributed by atoms with E-state index < -0.39 is 0 Å². The van der Waals surface area contributed by atoms with Gasteiger partial charge in [0.2, 0.25) is 5.91 Å². The number of nitrogens with one attached hydrogen (secondary N) is 1. The molecule has 5 heteroatoms. The maximum Gasteiger partial charge on any atom is 0.264 e. The summed E-state index contributed by atoms with van der Waals surface area (Å²) in [6.07, 6.45) is 5.41. The van der Waals surface area contributed by atoms with Crippen molar-refractivity contribution in [3.8, 4) is 0 Å². The van der Waals surface area contributed by atoms with Crippen LogP contribution in [-0.4, -0.2) is 30.3 Å². The third-order valence-corrected chi connectivity index (χ3v) is 6.60. The number of anilines is 1. The number of thiophene rings is 1. The van der Waals surface area contributed by atoms with Gasteiger partial charge in [-0.1, -0.05) is 38.5 Å². The molecule has 0 radical (unpaired) electrons. The van der Waals surface area contributed by atoms with E-state index in [1.165, 1.54) is 28.2 Å². The Labute approximate surface area is 165 Å². The molecule has 1 aliphatic carbocycles. The Morgan fingerprint density at radius 1 is 1.26 bits per heavy atom. The van der Waals surface area contributed by atoms with E-state index in [-0.39, 0.29) is 18.4 Å². The van der Waals surface area contributed by atoms with Crippen LogP contribution >= 0.6 is 11.3 Å². The first-order valence-corrected chi connectivity index (χ1v) is 10.6. The second kappa shape index (κ2) is 8.70. The summed E-state index contributed by atoms with van der Waals surface area (Å²) in [4.78, 5) is 28.8. The fourth-order valence-corrected chi connectivity index (χ4v) is 4.87. The van der Waals surface area contributed by atoms with Crippen LogP contribution in [0.5, 0.6) is 0 Å². The molecular weight excluding hydrogens is 356 g/mol. The van der Waals surface area contributed by atoms with Gasteiger partial charge in [-0.15, -0.1) is 11.3 Å². The first-order valence-electron chi connectivity index (χ1n) is 9.76. The Morgan fingerprint density at radius 2 is 2.04 bits per heavy atom. The van der Waals surface area contributed by atoms with Crippen LogP contribution in [-0.2, 0) is 24.1 Å². The maximum absolute atomic E-state index is 12.8.